The van der Waals surface area contributed by atoms with E-state index < -0.39 is 5.60 Å². The summed E-state index contributed by atoms with van der Waals surface area (Å²) >= 11 is 0. The number of rotatable bonds is 10. The van der Waals surface area contributed by atoms with Crippen LogP contribution in [0.3, 0.4) is 0 Å². The highest BCUT2D eigenvalue weighted by Gasteiger charge is 2.21. The first kappa shape index (κ1) is 26.1. The summed E-state index contributed by atoms with van der Waals surface area (Å²) in [5.74, 6) is 0.865. The molecule has 35 heavy (non-hydrogen) atoms. The van der Waals surface area contributed by atoms with Gasteiger partial charge in [-0.3, -0.25) is 4.79 Å². The highest BCUT2D eigenvalue weighted by Crippen LogP contribution is 2.21. The number of hydrogen-bond acceptors (Lipinski definition) is 7. The van der Waals surface area contributed by atoms with Crippen LogP contribution in [0.15, 0.2) is 65.3 Å². The molecule has 0 fully saturated rings. The van der Waals surface area contributed by atoms with Crippen molar-refractivity contribution >= 4 is 17.0 Å². The average molecular weight is 478 g/mol. The monoisotopic (exact) mass is 477 g/mol. The lowest BCUT2D eigenvalue weighted by Crippen LogP contribution is -2.23. The van der Waals surface area contributed by atoms with Crippen LogP contribution < -0.4 is 10.9 Å². The van der Waals surface area contributed by atoms with Crippen LogP contribution in [0.4, 0.5) is 5.95 Å². The second-order valence-corrected chi connectivity index (χ2v) is 9.18. The summed E-state index contributed by atoms with van der Waals surface area (Å²) in [7, 11) is 4.08. The number of pyridine rings is 1. The zero-order valence-electron chi connectivity index (χ0n) is 21.4. The minimum atomic E-state index is -1.12. The Labute approximate surface area is 206 Å². The summed E-state index contributed by atoms with van der Waals surface area (Å²) in [6.07, 6.45) is 8.27. The van der Waals surface area contributed by atoms with E-state index in [9.17, 15) is 9.90 Å². The van der Waals surface area contributed by atoms with Gasteiger partial charge < -0.3 is 15.3 Å². The van der Waals surface area contributed by atoms with Gasteiger partial charge in [-0.05, 0) is 72.0 Å². The molecule has 0 bridgehead atoms. The molecule has 0 unspecified atom stereocenters. The molecule has 3 rings (SSSR count). The molecular weight excluding hydrogens is 442 g/mol. The molecule has 0 aromatic carbocycles. The van der Waals surface area contributed by atoms with Gasteiger partial charge in [-0.1, -0.05) is 24.8 Å². The van der Waals surface area contributed by atoms with Crippen molar-refractivity contribution in [2.75, 3.05) is 26.0 Å². The Kier molecular flexibility index (Phi) is 8.03. The van der Waals surface area contributed by atoms with E-state index in [0.29, 0.717) is 35.0 Å². The Hall–Kier alpha value is -3.56. The van der Waals surface area contributed by atoms with Crippen LogP contribution >= 0.6 is 0 Å². The Balaban J connectivity index is 2.01. The summed E-state index contributed by atoms with van der Waals surface area (Å²) in [6.45, 7) is 12.4. The van der Waals surface area contributed by atoms with Gasteiger partial charge in [0.25, 0.3) is 5.56 Å². The fourth-order valence-electron chi connectivity index (χ4n) is 3.54. The van der Waals surface area contributed by atoms with E-state index in [1.807, 2.05) is 46.2 Å². The van der Waals surface area contributed by atoms with Crippen LogP contribution in [0.1, 0.15) is 39.8 Å². The number of nitrogens with one attached hydrogen (secondary N) is 1. The molecule has 2 N–H and O–H groups in total. The Morgan fingerprint density at radius 2 is 2.00 bits per heavy atom. The summed E-state index contributed by atoms with van der Waals surface area (Å²) in [5, 5.41) is 14.0. The van der Waals surface area contributed by atoms with Crippen molar-refractivity contribution < 1.29 is 5.11 Å². The summed E-state index contributed by atoms with van der Waals surface area (Å²) in [5.41, 5.74) is 1.59. The minimum Gasteiger partial charge on any atom is -0.384 e. The standard InChI is InChI=1S/C26H35N7O2/c1-8-19(15-16-31(6)7)14-13-18(3)28-25-27-17-20-23(30-25)33(32(9-2)24(20)34)22-12-10-11-21(29-22)26(4,5)35/h8,10-14,17,35H,1,9,15-16H2,2-7H3,(H,27,28,30)/b18-13+,19-14+. The maximum absolute atomic E-state index is 13.0. The molecule has 0 saturated carbocycles. The predicted molar refractivity (Wildman–Crippen MR) is 141 cm³/mol. The third kappa shape index (κ3) is 6.12. The van der Waals surface area contributed by atoms with Crippen molar-refractivity contribution in [1.29, 1.82) is 0 Å². The second-order valence-electron chi connectivity index (χ2n) is 9.18. The maximum Gasteiger partial charge on any atom is 0.278 e. The van der Waals surface area contributed by atoms with E-state index in [4.69, 9.17) is 0 Å². The molecular formula is C26H35N7O2. The third-order valence-electron chi connectivity index (χ3n) is 5.52. The van der Waals surface area contributed by atoms with Crippen molar-refractivity contribution in [2.24, 2.45) is 0 Å². The normalized spacial score (nSPS) is 13.0. The SMILES string of the molecule is C=C/C(=C\C=C(/C)Nc1ncc2c(=O)n(CC)n(-c3cccc(C(C)(C)O)n3)c2n1)CCN(C)C. The first-order chi connectivity index (χ1) is 16.5. The molecule has 0 radical (unpaired) electrons. The van der Waals surface area contributed by atoms with Gasteiger partial charge in [-0.25, -0.2) is 19.3 Å². The summed E-state index contributed by atoms with van der Waals surface area (Å²) in [4.78, 5) is 28.8. The predicted octanol–water partition coefficient (Wildman–Crippen LogP) is 3.60. The number of fused-ring (bicyclic) bond motifs is 1. The number of aliphatic hydroxyl groups is 1. The molecule has 3 aromatic heterocycles. The van der Waals surface area contributed by atoms with Crippen molar-refractivity contribution in [3.63, 3.8) is 0 Å². The third-order valence-corrected chi connectivity index (χ3v) is 5.52. The van der Waals surface area contributed by atoms with E-state index in [-0.39, 0.29) is 5.56 Å². The van der Waals surface area contributed by atoms with Crippen molar-refractivity contribution in [3.8, 4) is 5.82 Å². The fraction of sp³-hybridized carbons (Fsp3) is 0.385. The Morgan fingerprint density at radius 1 is 1.26 bits per heavy atom. The maximum atomic E-state index is 13.0. The smallest absolute Gasteiger partial charge is 0.278 e. The highest BCUT2D eigenvalue weighted by atomic mass is 16.3. The summed E-state index contributed by atoms with van der Waals surface area (Å²) in [6, 6.07) is 5.35. The van der Waals surface area contributed by atoms with E-state index in [0.717, 1.165) is 24.2 Å². The van der Waals surface area contributed by atoms with Gasteiger partial charge in [-0.15, -0.1) is 0 Å². The van der Waals surface area contributed by atoms with Gasteiger partial charge in [0.15, 0.2) is 11.5 Å². The zero-order valence-corrected chi connectivity index (χ0v) is 21.4. The van der Waals surface area contributed by atoms with Gasteiger partial charge >= 0.3 is 0 Å². The van der Waals surface area contributed by atoms with Gasteiger partial charge in [0.05, 0.1) is 5.69 Å². The van der Waals surface area contributed by atoms with E-state index in [1.54, 1.807) is 41.4 Å². The lowest BCUT2D eigenvalue weighted by atomic mass is 10.1. The van der Waals surface area contributed by atoms with E-state index >= 15 is 0 Å². The largest absolute Gasteiger partial charge is 0.384 e. The van der Waals surface area contributed by atoms with Crippen molar-refractivity contribution in [1.82, 2.24) is 29.2 Å². The Bertz CT molecular complexity index is 1320. The molecule has 0 saturated heterocycles. The summed E-state index contributed by atoms with van der Waals surface area (Å²) < 4.78 is 3.24. The van der Waals surface area contributed by atoms with Crippen LogP contribution in [-0.4, -0.2) is 55.0 Å². The topological polar surface area (TPSA) is 101 Å². The molecule has 3 heterocycles. The van der Waals surface area contributed by atoms with Gasteiger partial charge in [0.2, 0.25) is 5.95 Å². The molecule has 0 aliphatic carbocycles. The van der Waals surface area contributed by atoms with E-state index in [1.165, 1.54) is 6.20 Å². The average Bonchev–Trinajstić information content (AvgIpc) is 3.09. The lowest BCUT2D eigenvalue weighted by Gasteiger charge is -2.18. The lowest BCUT2D eigenvalue weighted by molar-refractivity contribution is 0.0738. The van der Waals surface area contributed by atoms with Crippen LogP contribution in [0.25, 0.3) is 16.9 Å². The van der Waals surface area contributed by atoms with Crippen LogP contribution in [0, 0.1) is 0 Å². The first-order valence-electron chi connectivity index (χ1n) is 11.7. The Morgan fingerprint density at radius 3 is 2.63 bits per heavy atom. The molecule has 0 aliphatic rings. The quantitative estimate of drug-likeness (QED) is 0.430. The molecule has 0 aliphatic heterocycles. The number of anilines is 1. The van der Waals surface area contributed by atoms with Gasteiger partial charge in [0, 0.05) is 25.0 Å². The van der Waals surface area contributed by atoms with Crippen molar-refractivity contribution in [3.05, 3.63) is 76.5 Å². The molecule has 9 nitrogen and oxygen atoms in total. The highest BCUT2D eigenvalue weighted by molar-refractivity contribution is 5.76. The van der Waals surface area contributed by atoms with Gasteiger partial charge in [0.1, 0.15) is 11.0 Å². The van der Waals surface area contributed by atoms with Gasteiger partial charge in [-0.2, -0.15) is 4.98 Å². The van der Waals surface area contributed by atoms with Crippen LogP contribution in [0.5, 0.6) is 0 Å². The second kappa shape index (κ2) is 10.8. The molecule has 0 atom stereocenters. The zero-order chi connectivity index (χ0) is 25.8. The van der Waals surface area contributed by atoms with E-state index in [2.05, 4.69) is 31.7 Å². The number of allylic oxidation sites excluding steroid dienone is 4. The molecule has 186 valence electrons. The fourth-order valence-corrected chi connectivity index (χ4v) is 3.54. The van der Waals surface area contributed by atoms with Crippen LogP contribution in [-0.2, 0) is 12.1 Å². The minimum absolute atomic E-state index is 0.198. The first-order valence-corrected chi connectivity index (χ1v) is 11.7. The number of nitrogens with zero attached hydrogens (tertiary/aromatic N) is 6. The number of hydrogen-bond donors (Lipinski definition) is 2. The van der Waals surface area contributed by atoms with Crippen molar-refractivity contribution in [2.45, 2.75) is 46.3 Å². The molecule has 0 amide bonds. The molecule has 0 spiro atoms. The number of aromatic nitrogens is 5. The molecule has 9 heteroatoms. The van der Waals surface area contributed by atoms with Crippen LogP contribution in [0.2, 0.25) is 0 Å². The molecule has 3 aromatic rings.